The second-order valence-electron chi connectivity index (χ2n) is 5.63. The maximum Gasteiger partial charge on any atom is 0.323 e. The molecule has 0 bridgehead atoms. The third-order valence-corrected chi connectivity index (χ3v) is 2.44. The average Bonchev–Trinajstić information content (AvgIpc) is 2.24. The van der Waals surface area contributed by atoms with Gasteiger partial charge in [-0.3, -0.25) is 9.59 Å². The van der Waals surface area contributed by atoms with Crippen molar-refractivity contribution in [3.8, 4) is 5.75 Å². The molecular formula is C14H19NO4. The van der Waals surface area contributed by atoms with Gasteiger partial charge in [-0.05, 0) is 29.7 Å². The molecule has 0 saturated heterocycles. The summed E-state index contributed by atoms with van der Waals surface area (Å²) < 4.78 is 0. The van der Waals surface area contributed by atoms with E-state index in [4.69, 9.17) is 5.11 Å². The summed E-state index contributed by atoms with van der Waals surface area (Å²) in [5, 5.41) is 18.1. The van der Waals surface area contributed by atoms with Crippen molar-refractivity contribution >= 4 is 17.6 Å². The maximum absolute atomic E-state index is 12.2. The number of anilines is 1. The molecule has 2 N–H and O–H groups in total. The first-order valence-corrected chi connectivity index (χ1v) is 6.00. The van der Waals surface area contributed by atoms with E-state index in [1.807, 2.05) is 20.8 Å². The van der Waals surface area contributed by atoms with Crippen LogP contribution in [-0.2, 0) is 9.59 Å². The number of carboxylic acids is 1. The number of benzene rings is 1. The Morgan fingerprint density at radius 3 is 2.11 bits per heavy atom. The minimum Gasteiger partial charge on any atom is -0.508 e. The van der Waals surface area contributed by atoms with E-state index >= 15 is 0 Å². The molecule has 0 fully saturated rings. The fraction of sp³-hybridized carbons (Fsp3) is 0.429. The van der Waals surface area contributed by atoms with Crippen LogP contribution < -0.4 is 4.90 Å². The van der Waals surface area contributed by atoms with Crippen LogP contribution in [0.4, 0.5) is 5.69 Å². The Labute approximate surface area is 112 Å². The Balaban J connectivity index is 2.97. The molecule has 1 aromatic carbocycles. The summed E-state index contributed by atoms with van der Waals surface area (Å²) >= 11 is 0. The van der Waals surface area contributed by atoms with Gasteiger partial charge in [-0.15, -0.1) is 0 Å². The number of hydrogen-bond donors (Lipinski definition) is 2. The zero-order valence-corrected chi connectivity index (χ0v) is 11.4. The second kappa shape index (κ2) is 5.73. The summed E-state index contributed by atoms with van der Waals surface area (Å²) in [4.78, 5) is 24.3. The number of phenolic OH excluding ortho intramolecular Hbond substituents is 1. The zero-order chi connectivity index (χ0) is 14.6. The monoisotopic (exact) mass is 265 g/mol. The lowest BCUT2D eigenvalue weighted by atomic mass is 9.91. The Morgan fingerprint density at radius 1 is 1.16 bits per heavy atom. The van der Waals surface area contributed by atoms with Crippen LogP contribution in [0.25, 0.3) is 0 Å². The van der Waals surface area contributed by atoms with Crippen LogP contribution in [0.5, 0.6) is 5.75 Å². The number of nitrogens with zero attached hydrogens (tertiary/aromatic N) is 1. The minimum atomic E-state index is -1.07. The Kier molecular flexibility index (Phi) is 4.53. The van der Waals surface area contributed by atoms with Gasteiger partial charge in [0.05, 0.1) is 0 Å². The van der Waals surface area contributed by atoms with Crippen molar-refractivity contribution in [1.29, 1.82) is 0 Å². The number of aliphatic carboxylic acids is 1. The standard InChI is InChI=1S/C14H19NO4/c1-14(2,3)8-12(17)15(9-13(18)19)10-4-6-11(16)7-5-10/h4-7,16H,8-9H2,1-3H3,(H,18,19). The number of aromatic hydroxyl groups is 1. The quantitative estimate of drug-likeness (QED) is 0.875. The Bertz CT molecular complexity index is 459. The van der Waals surface area contributed by atoms with E-state index in [9.17, 15) is 14.7 Å². The molecule has 0 radical (unpaired) electrons. The number of carboxylic acid groups (broad SMARTS) is 1. The molecule has 5 nitrogen and oxygen atoms in total. The molecule has 1 rings (SSSR count). The highest BCUT2D eigenvalue weighted by Gasteiger charge is 2.24. The molecule has 1 amide bonds. The van der Waals surface area contributed by atoms with Crippen LogP contribution in [0.2, 0.25) is 0 Å². The molecule has 0 unspecified atom stereocenters. The van der Waals surface area contributed by atoms with Crippen molar-refractivity contribution < 1.29 is 19.8 Å². The van der Waals surface area contributed by atoms with Gasteiger partial charge in [0.25, 0.3) is 0 Å². The number of rotatable bonds is 4. The van der Waals surface area contributed by atoms with Crippen LogP contribution in [-0.4, -0.2) is 28.6 Å². The van der Waals surface area contributed by atoms with Crippen LogP contribution in [0.1, 0.15) is 27.2 Å². The van der Waals surface area contributed by atoms with Gasteiger partial charge in [-0.2, -0.15) is 0 Å². The highest BCUT2D eigenvalue weighted by molar-refractivity contribution is 5.97. The second-order valence-corrected chi connectivity index (χ2v) is 5.63. The van der Waals surface area contributed by atoms with E-state index in [0.29, 0.717) is 5.69 Å². The molecule has 0 atom stereocenters. The number of carbonyl (C=O) groups is 2. The van der Waals surface area contributed by atoms with E-state index < -0.39 is 5.97 Å². The zero-order valence-electron chi connectivity index (χ0n) is 11.4. The van der Waals surface area contributed by atoms with Gasteiger partial charge in [-0.25, -0.2) is 0 Å². The molecular weight excluding hydrogens is 246 g/mol. The van der Waals surface area contributed by atoms with Gasteiger partial charge < -0.3 is 15.1 Å². The van der Waals surface area contributed by atoms with Crippen molar-refractivity contribution in [2.75, 3.05) is 11.4 Å². The molecule has 0 aromatic heterocycles. The summed E-state index contributed by atoms with van der Waals surface area (Å²) in [6.45, 7) is 5.36. The van der Waals surface area contributed by atoms with Gasteiger partial charge in [0.2, 0.25) is 5.91 Å². The van der Waals surface area contributed by atoms with Crippen molar-refractivity contribution in [2.24, 2.45) is 5.41 Å². The molecule has 104 valence electrons. The lowest BCUT2D eigenvalue weighted by Gasteiger charge is -2.25. The number of hydrogen-bond acceptors (Lipinski definition) is 3. The van der Waals surface area contributed by atoms with Gasteiger partial charge in [0.1, 0.15) is 12.3 Å². The van der Waals surface area contributed by atoms with Gasteiger partial charge >= 0.3 is 5.97 Å². The predicted octanol–water partition coefficient (Wildman–Crippen LogP) is 2.25. The number of carbonyl (C=O) groups excluding carboxylic acids is 1. The summed E-state index contributed by atoms with van der Waals surface area (Å²) in [6, 6.07) is 5.90. The molecule has 0 spiro atoms. The number of amides is 1. The predicted molar refractivity (Wildman–Crippen MR) is 72.2 cm³/mol. The summed E-state index contributed by atoms with van der Waals surface area (Å²) in [5.41, 5.74) is 0.250. The largest absolute Gasteiger partial charge is 0.508 e. The summed E-state index contributed by atoms with van der Waals surface area (Å²) in [6.07, 6.45) is 0.251. The maximum atomic E-state index is 12.2. The molecule has 0 aliphatic rings. The highest BCUT2D eigenvalue weighted by atomic mass is 16.4. The van der Waals surface area contributed by atoms with Crippen molar-refractivity contribution in [3.05, 3.63) is 24.3 Å². The van der Waals surface area contributed by atoms with E-state index in [2.05, 4.69) is 0 Å². The van der Waals surface area contributed by atoms with E-state index in [1.54, 1.807) is 0 Å². The van der Waals surface area contributed by atoms with Crippen LogP contribution in [0.15, 0.2) is 24.3 Å². The Hall–Kier alpha value is -2.04. The normalized spacial score (nSPS) is 11.1. The average molecular weight is 265 g/mol. The molecule has 0 aliphatic heterocycles. The van der Waals surface area contributed by atoms with Gasteiger partial charge in [0.15, 0.2) is 0 Å². The highest BCUT2D eigenvalue weighted by Crippen LogP contribution is 2.24. The van der Waals surface area contributed by atoms with E-state index in [0.717, 1.165) is 0 Å². The lowest BCUT2D eigenvalue weighted by Crippen LogP contribution is -2.37. The number of phenols is 1. The van der Waals surface area contributed by atoms with Crippen LogP contribution in [0.3, 0.4) is 0 Å². The summed E-state index contributed by atoms with van der Waals surface area (Å²) in [7, 11) is 0. The molecule has 5 heteroatoms. The van der Waals surface area contributed by atoms with Crippen molar-refractivity contribution in [1.82, 2.24) is 0 Å². The topological polar surface area (TPSA) is 77.8 Å². The minimum absolute atomic E-state index is 0.0716. The molecule has 0 aliphatic carbocycles. The van der Waals surface area contributed by atoms with Crippen LogP contribution >= 0.6 is 0 Å². The van der Waals surface area contributed by atoms with E-state index in [1.165, 1.54) is 29.2 Å². The smallest absolute Gasteiger partial charge is 0.323 e. The van der Waals surface area contributed by atoms with Crippen molar-refractivity contribution in [3.63, 3.8) is 0 Å². The fourth-order valence-corrected chi connectivity index (χ4v) is 1.64. The molecule has 1 aromatic rings. The lowest BCUT2D eigenvalue weighted by molar-refractivity contribution is -0.136. The Morgan fingerprint density at radius 2 is 1.68 bits per heavy atom. The molecule has 19 heavy (non-hydrogen) atoms. The third-order valence-electron chi connectivity index (χ3n) is 2.44. The van der Waals surface area contributed by atoms with Crippen molar-refractivity contribution in [2.45, 2.75) is 27.2 Å². The fourth-order valence-electron chi connectivity index (χ4n) is 1.64. The first-order chi connectivity index (χ1) is 8.69. The summed E-state index contributed by atoms with van der Waals surface area (Å²) in [5.74, 6) is -1.25. The van der Waals surface area contributed by atoms with Crippen LogP contribution in [0, 0.1) is 5.41 Å². The molecule has 0 saturated carbocycles. The third kappa shape index (κ3) is 4.99. The van der Waals surface area contributed by atoms with Gasteiger partial charge in [0, 0.05) is 12.1 Å². The SMILES string of the molecule is CC(C)(C)CC(=O)N(CC(=O)O)c1ccc(O)cc1. The first-order valence-electron chi connectivity index (χ1n) is 6.00. The first kappa shape index (κ1) is 15.0. The van der Waals surface area contributed by atoms with Gasteiger partial charge in [-0.1, -0.05) is 20.8 Å². The van der Waals surface area contributed by atoms with E-state index in [-0.39, 0.29) is 30.0 Å². The molecule has 0 heterocycles.